The number of nitrogens with zero attached hydrogens (tertiary/aromatic N) is 4. The quantitative estimate of drug-likeness (QED) is 0.748. The molecule has 1 spiro atoms. The van der Waals surface area contributed by atoms with Crippen LogP contribution in [0.4, 0.5) is 0 Å². The van der Waals surface area contributed by atoms with Gasteiger partial charge >= 0.3 is 0 Å². The maximum atomic E-state index is 13.0. The molecule has 1 atom stereocenters. The van der Waals surface area contributed by atoms with Crippen LogP contribution in [0.15, 0.2) is 12.1 Å². The predicted octanol–water partition coefficient (Wildman–Crippen LogP) is 0.581. The van der Waals surface area contributed by atoms with Crippen LogP contribution in [-0.4, -0.2) is 92.5 Å². The number of aromatic nitrogens is 1. The molecule has 2 saturated heterocycles. The van der Waals surface area contributed by atoms with Crippen molar-refractivity contribution in [1.82, 2.24) is 19.7 Å². The third-order valence-corrected chi connectivity index (χ3v) is 5.61. The van der Waals surface area contributed by atoms with E-state index in [4.69, 9.17) is 9.47 Å². The van der Waals surface area contributed by atoms with Gasteiger partial charge < -0.3 is 24.2 Å². The number of carbonyl (C=O) groups excluding carboxylic acids is 2. The van der Waals surface area contributed by atoms with Gasteiger partial charge in [-0.3, -0.25) is 9.59 Å². The van der Waals surface area contributed by atoms with Crippen LogP contribution in [0.2, 0.25) is 0 Å². The standard InChI is InChI=1S/C19H28N4O4/c1-13(24)22-9-14(8-21(2)3)19(10-22)11-23(12-19)18(25)15-6-7-16(26-4)20-17(15)27-5/h6-7,14H,8-12H2,1-5H3. The van der Waals surface area contributed by atoms with Crippen molar-refractivity contribution >= 4 is 11.8 Å². The SMILES string of the molecule is COc1ccc(C(=O)N2CC3(CN(C(C)=O)CC3CN(C)C)C2)c(OC)n1. The fraction of sp³-hybridized carbons (Fsp3) is 0.632. The van der Waals surface area contributed by atoms with Gasteiger partial charge in [0.05, 0.1) is 14.2 Å². The lowest BCUT2D eigenvalue weighted by Crippen LogP contribution is -2.63. The molecule has 0 aromatic carbocycles. The lowest BCUT2D eigenvalue weighted by atomic mass is 9.71. The van der Waals surface area contributed by atoms with Crippen LogP contribution in [0.25, 0.3) is 0 Å². The minimum atomic E-state index is -0.0995. The first-order valence-electron chi connectivity index (χ1n) is 9.08. The fourth-order valence-corrected chi connectivity index (χ4v) is 4.21. The Morgan fingerprint density at radius 1 is 1.19 bits per heavy atom. The average molecular weight is 376 g/mol. The van der Waals surface area contributed by atoms with Crippen LogP contribution in [0.1, 0.15) is 17.3 Å². The predicted molar refractivity (Wildman–Crippen MR) is 100.0 cm³/mol. The largest absolute Gasteiger partial charge is 0.481 e. The van der Waals surface area contributed by atoms with Gasteiger partial charge in [0.15, 0.2) is 0 Å². The lowest BCUT2D eigenvalue weighted by molar-refractivity contribution is -0.128. The number of ether oxygens (including phenoxy) is 2. The van der Waals surface area contributed by atoms with Gasteiger partial charge in [-0.1, -0.05) is 0 Å². The second-order valence-corrected chi connectivity index (χ2v) is 7.79. The molecule has 0 bridgehead atoms. The maximum Gasteiger partial charge on any atom is 0.259 e. The molecule has 0 N–H and O–H groups in total. The van der Waals surface area contributed by atoms with E-state index in [2.05, 4.69) is 9.88 Å². The third kappa shape index (κ3) is 3.58. The highest BCUT2D eigenvalue weighted by atomic mass is 16.5. The second-order valence-electron chi connectivity index (χ2n) is 7.79. The molecule has 2 aliphatic heterocycles. The minimum Gasteiger partial charge on any atom is -0.481 e. The van der Waals surface area contributed by atoms with Crippen molar-refractivity contribution in [2.45, 2.75) is 6.92 Å². The maximum absolute atomic E-state index is 13.0. The summed E-state index contributed by atoms with van der Waals surface area (Å²) in [5, 5.41) is 0. The molecule has 8 nitrogen and oxygen atoms in total. The van der Waals surface area contributed by atoms with Crippen LogP contribution >= 0.6 is 0 Å². The number of pyridine rings is 1. The van der Waals surface area contributed by atoms with Crippen molar-refractivity contribution in [2.75, 3.05) is 61.0 Å². The van der Waals surface area contributed by atoms with Crippen molar-refractivity contribution in [3.05, 3.63) is 17.7 Å². The molecule has 2 amide bonds. The van der Waals surface area contributed by atoms with Gasteiger partial charge in [-0.25, -0.2) is 0 Å². The Balaban J connectivity index is 1.75. The molecule has 27 heavy (non-hydrogen) atoms. The minimum absolute atomic E-state index is 0.0290. The highest BCUT2D eigenvalue weighted by molar-refractivity contribution is 5.97. The smallest absolute Gasteiger partial charge is 0.259 e. The first-order chi connectivity index (χ1) is 12.8. The summed E-state index contributed by atoms with van der Waals surface area (Å²) in [6.07, 6.45) is 0. The fourth-order valence-electron chi connectivity index (χ4n) is 4.21. The van der Waals surface area contributed by atoms with Gasteiger partial charge in [-0.05, 0) is 26.1 Å². The highest BCUT2D eigenvalue weighted by Gasteiger charge is 2.56. The topological polar surface area (TPSA) is 75.2 Å². The van der Waals surface area contributed by atoms with Crippen LogP contribution in [0.5, 0.6) is 11.8 Å². The van der Waals surface area contributed by atoms with Crippen molar-refractivity contribution < 1.29 is 19.1 Å². The molecule has 3 heterocycles. The molecule has 8 heteroatoms. The van der Waals surface area contributed by atoms with Gasteiger partial charge in [0.1, 0.15) is 5.56 Å². The van der Waals surface area contributed by atoms with Gasteiger partial charge in [-0.15, -0.1) is 0 Å². The Labute approximate surface area is 160 Å². The Morgan fingerprint density at radius 3 is 2.41 bits per heavy atom. The first kappa shape index (κ1) is 19.4. The molecule has 1 unspecified atom stereocenters. The van der Waals surface area contributed by atoms with E-state index in [1.165, 1.54) is 14.2 Å². The van der Waals surface area contributed by atoms with Crippen LogP contribution in [0, 0.1) is 11.3 Å². The zero-order valence-corrected chi connectivity index (χ0v) is 16.7. The van der Waals surface area contributed by atoms with E-state index in [0.29, 0.717) is 37.0 Å². The summed E-state index contributed by atoms with van der Waals surface area (Å²) in [6, 6.07) is 3.35. The van der Waals surface area contributed by atoms with Gasteiger partial charge in [0, 0.05) is 51.1 Å². The normalized spacial score (nSPS) is 20.7. The monoisotopic (exact) mass is 376 g/mol. The summed E-state index contributed by atoms with van der Waals surface area (Å²) in [4.78, 5) is 34.9. The molecule has 0 radical (unpaired) electrons. The van der Waals surface area contributed by atoms with Gasteiger partial charge in [0.2, 0.25) is 17.7 Å². The summed E-state index contributed by atoms with van der Waals surface area (Å²) in [5.74, 6) is 1.03. The van der Waals surface area contributed by atoms with Crippen molar-refractivity contribution in [1.29, 1.82) is 0 Å². The van der Waals surface area contributed by atoms with Gasteiger partial charge in [0.25, 0.3) is 5.91 Å². The Hall–Kier alpha value is -2.35. The van der Waals surface area contributed by atoms with E-state index in [-0.39, 0.29) is 23.1 Å². The molecule has 0 aliphatic carbocycles. The van der Waals surface area contributed by atoms with E-state index in [0.717, 1.165) is 13.1 Å². The molecule has 0 saturated carbocycles. The summed E-state index contributed by atoms with van der Waals surface area (Å²) in [7, 11) is 7.10. The molecule has 1 aromatic rings. The number of likely N-dealkylation sites (tertiary alicyclic amines) is 2. The van der Waals surface area contributed by atoms with E-state index < -0.39 is 0 Å². The second kappa shape index (κ2) is 7.34. The Kier molecular flexibility index (Phi) is 5.28. The summed E-state index contributed by atoms with van der Waals surface area (Å²) in [5.41, 5.74) is 0.400. The van der Waals surface area contributed by atoms with Crippen LogP contribution in [0.3, 0.4) is 0 Å². The molecule has 2 aliphatic rings. The van der Waals surface area contributed by atoms with E-state index in [9.17, 15) is 9.59 Å². The molecule has 3 rings (SSSR count). The molecule has 148 valence electrons. The highest BCUT2D eigenvalue weighted by Crippen LogP contribution is 2.45. The Morgan fingerprint density at radius 2 is 1.85 bits per heavy atom. The molecular weight excluding hydrogens is 348 g/mol. The summed E-state index contributed by atoms with van der Waals surface area (Å²) in [6.45, 7) is 5.26. The van der Waals surface area contributed by atoms with Crippen molar-refractivity contribution in [2.24, 2.45) is 11.3 Å². The molecular formula is C19H28N4O4. The van der Waals surface area contributed by atoms with Crippen LogP contribution in [-0.2, 0) is 4.79 Å². The molecule has 2 fully saturated rings. The summed E-state index contributed by atoms with van der Waals surface area (Å²) >= 11 is 0. The van der Waals surface area contributed by atoms with Crippen LogP contribution < -0.4 is 9.47 Å². The zero-order valence-electron chi connectivity index (χ0n) is 16.7. The Bertz CT molecular complexity index is 730. The van der Waals surface area contributed by atoms with E-state index in [1.807, 2.05) is 23.9 Å². The third-order valence-electron chi connectivity index (χ3n) is 5.61. The average Bonchev–Trinajstić information content (AvgIpc) is 2.98. The number of carbonyl (C=O) groups is 2. The van der Waals surface area contributed by atoms with Gasteiger partial charge in [-0.2, -0.15) is 4.98 Å². The number of rotatable bonds is 5. The van der Waals surface area contributed by atoms with E-state index >= 15 is 0 Å². The zero-order chi connectivity index (χ0) is 19.8. The number of hydrogen-bond donors (Lipinski definition) is 0. The summed E-state index contributed by atoms with van der Waals surface area (Å²) < 4.78 is 10.4. The van der Waals surface area contributed by atoms with Crippen molar-refractivity contribution in [3.8, 4) is 11.8 Å². The lowest BCUT2D eigenvalue weighted by Gasteiger charge is -2.51. The number of methoxy groups -OCH3 is 2. The van der Waals surface area contributed by atoms with E-state index in [1.54, 1.807) is 19.1 Å². The first-order valence-corrected chi connectivity index (χ1v) is 9.08. The number of amides is 2. The van der Waals surface area contributed by atoms with Crippen molar-refractivity contribution in [3.63, 3.8) is 0 Å². The number of hydrogen-bond acceptors (Lipinski definition) is 6. The molecule has 1 aromatic heterocycles.